The number of carbonyl (C=O) groups is 2. The highest BCUT2D eigenvalue weighted by molar-refractivity contribution is 5.97. The van der Waals surface area contributed by atoms with Crippen LogP contribution in [0.4, 0.5) is 23.1 Å². The number of benzene rings is 1. The van der Waals surface area contributed by atoms with Gasteiger partial charge in [0.15, 0.2) is 0 Å². The number of aryl methyl sites for hydroxylation is 1. The van der Waals surface area contributed by atoms with Gasteiger partial charge in [-0.15, -0.1) is 0 Å². The summed E-state index contributed by atoms with van der Waals surface area (Å²) in [5.41, 5.74) is 8.43. The number of nitrogens with zero attached hydrogens (tertiary/aromatic N) is 2. The van der Waals surface area contributed by atoms with E-state index in [1.54, 1.807) is 0 Å². The van der Waals surface area contributed by atoms with Crippen molar-refractivity contribution in [2.24, 2.45) is 5.73 Å². The van der Waals surface area contributed by atoms with Gasteiger partial charge >= 0.3 is 0 Å². The van der Waals surface area contributed by atoms with Crippen LogP contribution >= 0.6 is 0 Å². The predicted molar refractivity (Wildman–Crippen MR) is 98.5 cm³/mol. The number of fused-ring (bicyclic) bond motifs is 1. The van der Waals surface area contributed by atoms with Gasteiger partial charge in [0.05, 0.1) is 5.56 Å². The Morgan fingerprint density at radius 1 is 1.27 bits per heavy atom. The smallest absolute Gasteiger partial charge is 0.254 e. The number of aromatic nitrogens is 2. The van der Waals surface area contributed by atoms with Crippen molar-refractivity contribution in [3.05, 3.63) is 35.5 Å². The topological polar surface area (TPSA) is 122 Å². The number of nitrogens with two attached hydrogens (primary N) is 1. The summed E-state index contributed by atoms with van der Waals surface area (Å²) in [5.74, 6) is 0.335. The van der Waals surface area contributed by atoms with E-state index in [0.717, 1.165) is 42.6 Å². The van der Waals surface area contributed by atoms with Crippen molar-refractivity contribution in [1.29, 1.82) is 0 Å². The molecule has 2 aromatic rings. The van der Waals surface area contributed by atoms with Crippen molar-refractivity contribution >= 4 is 35.0 Å². The van der Waals surface area contributed by atoms with E-state index in [0.29, 0.717) is 24.2 Å². The highest BCUT2D eigenvalue weighted by Crippen LogP contribution is 2.28. The monoisotopic (exact) mass is 352 g/mol. The maximum atomic E-state index is 11.6. The highest BCUT2D eigenvalue weighted by atomic mass is 16.2. The molecule has 5 N–H and O–H groups in total. The van der Waals surface area contributed by atoms with Crippen LogP contribution in [0.25, 0.3) is 0 Å². The summed E-state index contributed by atoms with van der Waals surface area (Å²) in [4.78, 5) is 31.8. The van der Waals surface area contributed by atoms with Crippen molar-refractivity contribution in [2.75, 3.05) is 16.0 Å². The third-order valence-corrected chi connectivity index (χ3v) is 4.46. The van der Waals surface area contributed by atoms with E-state index < -0.39 is 5.91 Å². The maximum absolute atomic E-state index is 11.6. The second-order valence-corrected chi connectivity index (χ2v) is 6.64. The first-order valence-corrected chi connectivity index (χ1v) is 8.71. The van der Waals surface area contributed by atoms with E-state index in [2.05, 4.69) is 25.9 Å². The van der Waals surface area contributed by atoms with Crippen LogP contribution in [0.5, 0.6) is 0 Å². The maximum Gasteiger partial charge on any atom is 0.254 e. The third-order valence-electron chi connectivity index (χ3n) is 4.46. The summed E-state index contributed by atoms with van der Waals surface area (Å²) < 4.78 is 0. The van der Waals surface area contributed by atoms with Crippen LogP contribution in [0.3, 0.4) is 0 Å². The van der Waals surface area contributed by atoms with Gasteiger partial charge in [0.1, 0.15) is 5.82 Å². The lowest BCUT2D eigenvalue weighted by molar-refractivity contribution is -0.116. The van der Waals surface area contributed by atoms with Gasteiger partial charge in [-0.2, -0.15) is 4.98 Å². The van der Waals surface area contributed by atoms with Crippen LogP contribution < -0.4 is 21.7 Å². The second kappa shape index (κ2) is 6.62. The van der Waals surface area contributed by atoms with Crippen LogP contribution in [-0.2, 0) is 11.2 Å². The van der Waals surface area contributed by atoms with Gasteiger partial charge in [-0.1, -0.05) is 0 Å². The number of amides is 2. The fourth-order valence-corrected chi connectivity index (χ4v) is 2.93. The van der Waals surface area contributed by atoms with E-state index in [9.17, 15) is 9.59 Å². The standard InChI is InChI=1S/C18H20N6O2/c19-16(26)13-9-20-18(24-17(13)21-11-4-5-11)22-12-6-7-14-10(8-12)2-1-3-15(25)23-14/h6-9,11H,1-5H2,(H2,19,26)(H,23,25)(H2,20,21,22,24). The van der Waals surface area contributed by atoms with Gasteiger partial charge in [-0.05, 0) is 49.4 Å². The Labute approximate surface area is 150 Å². The molecule has 2 aliphatic rings. The molecule has 4 rings (SSSR count). The van der Waals surface area contributed by atoms with Gasteiger partial charge in [-0.25, -0.2) is 4.98 Å². The summed E-state index contributed by atoms with van der Waals surface area (Å²) >= 11 is 0. The van der Waals surface area contributed by atoms with Crippen molar-refractivity contribution < 1.29 is 9.59 Å². The van der Waals surface area contributed by atoms with E-state index in [4.69, 9.17) is 5.73 Å². The Morgan fingerprint density at radius 3 is 2.88 bits per heavy atom. The first-order valence-electron chi connectivity index (χ1n) is 8.71. The summed E-state index contributed by atoms with van der Waals surface area (Å²) in [7, 11) is 0. The lowest BCUT2D eigenvalue weighted by Gasteiger charge is -2.12. The molecule has 8 heteroatoms. The molecule has 0 atom stereocenters. The van der Waals surface area contributed by atoms with E-state index >= 15 is 0 Å². The summed E-state index contributed by atoms with van der Waals surface area (Å²) in [5, 5.41) is 9.29. The number of anilines is 4. The van der Waals surface area contributed by atoms with Crippen molar-refractivity contribution in [1.82, 2.24) is 9.97 Å². The molecule has 0 unspecified atom stereocenters. The summed E-state index contributed by atoms with van der Waals surface area (Å²) in [6.07, 6.45) is 5.74. The number of carbonyl (C=O) groups excluding carboxylic acids is 2. The zero-order valence-electron chi connectivity index (χ0n) is 14.2. The normalized spacial score (nSPS) is 16.2. The zero-order chi connectivity index (χ0) is 18.1. The minimum Gasteiger partial charge on any atom is -0.367 e. The number of nitrogens with one attached hydrogen (secondary N) is 3. The molecule has 0 bridgehead atoms. The molecule has 26 heavy (non-hydrogen) atoms. The molecule has 2 amide bonds. The average molecular weight is 352 g/mol. The molecular formula is C18H20N6O2. The minimum absolute atomic E-state index is 0.0469. The fourth-order valence-electron chi connectivity index (χ4n) is 2.93. The fraction of sp³-hybridized carbons (Fsp3) is 0.333. The van der Waals surface area contributed by atoms with Crippen molar-refractivity contribution in [2.45, 2.75) is 38.1 Å². The third kappa shape index (κ3) is 3.58. The van der Waals surface area contributed by atoms with Gasteiger partial charge in [0.2, 0.25) is 11.9 Å². The van der Waals surface area contributed by atoms with Gasteiger partial charge in [0.25, 0.3) is 5.91 Å². The Kier molecular flexibility index (Phi) is 4.16. The first kappa shape index (κ1) is 16.3. The molecule has 1 aliphatic carbocycles. The molecule has 0 spiro atoms. The molecule has 0 radical (unpaired) electrons. The summed E-state index contributed by atoms with van der Waals surface area (Å²) in [6, 6.07) is 6.07. The van der Waals surface area contributed by atoms with Crippen LogP contribution in [0, 0.1) is 0 Å². The molecule has 0 saturated heterocycles. The van der Waals surface area contributed by atoms with Gasteiger partial charge in [0, 0.05) is 30.0 Å². The number of rotatable bonds is 5. The van der Waals surface area contributed by atoms with Crippen LogP contribution in [0.15, 0.2) is 24.4 Å². The molecule has 2 heterocycles. The number of hydrogen-bond donors (Lipinski definition) is 4. The molecule has 1 aromatic carbocycles. The Balaban J connectivity index is 1.58. The molecule has 1 saturated carbocycles. The summed E-state index contributed by atoms with van der Waals surface area (Å²) in [6.45, 7) is 0. The van der Waals surface area contributed by atoms with Crippen LogP contribution in [0.1, 0.15) is 41.6 Å². The van der Waals surface area contributed by atoms with E-state index in [1.165, 1.54) is 6.20 Å². The Morgan fingerprint density at radius 2 is 2.12 bits per heavy atom. The lowest BCUT2D eigenvalue weighted by Crippen LogP contribution is -2.17. The number of primary amides is 1. The van der Waals surface area contributed by atoms with Gasteiger partial charge < -0.3 is 21.7 Å². The molecule has 1 fully saturated rings. The second-order valence-electron chi connectivity index (χ2n) is 6.64. The molecule has 1 aromatic heterocycles. The minimum atomic E-state index is -0.555. The Hall–Kier alpha value is -3.16. The van der Waals surface area contributed by atoms with Gasteiger partial charge in [-0.3, -0.25) is 9.59 Å². The first-order chi connectivity index (χ1) is 12.6. The van der Waals surface area contributed by atoms with E-state index in [-0.39, 0.29) is 11.5 Å². The SMILES string of the molecule is NC(=O)c1cnc(Nc2ccc3c(c2)CCCC(=O)N3)nc1NC1CC1. The highest BCUT2D eigenvalue weighted by Gasteiger charge is 2.24. The average Bonchev–Trinajstić information content (AvgIpc) is 3.42. The Bertz CT molecular complexity index is 878. The molecular weight excluding hydrogens is 332 g/mol. The predicted octanol–water partition coefficient (Wildman–Crippen LogP) is 2.17. The van der Waals surface area contributed by atoms with Crippen LogP contribution in [0.2, 0.25) is 0 Å². The molecule has 1 aliphatic heterocycles. The lowest BCUT2D eigenvalue weighted by atomic mass is 10.1. The van der Waals surface area contributed by atoms with Crippen molar-refractivity contribution in [3.8, 4) is 0 Å². The van der Waals surface area contributed by atoms with Crippen LogP contribution in [-0.4, -0.2) is 27.8 Å². The van der Waals surface area contributed by atoms with Crippen molar-refractivity contribution in [3.63, 3.8) is 0 Å². The zero-order valence-corrected chi connectivity index (χ0v) is 14.2. The quantitative estimate of drug-likeness (QED) is 0.654. The van der Waals surface area contributed by atoms with E-state index in [1.807, 2.05) is 18.2 Å². The number of hydrogen-bond acceptors (Lipinski definition) is 6. The molecule has 134 valence electrons. The molecule has 8 nitrogen and oxygen atoms in total. The largest absolute Gasteiger partial charge is 0.367 e.